The molecule has 0 bridgehead atoms. The summed E-state index contributed by atoms with van der Waals surface area (Å²) in [5.74, 6) is 0.652. The van der Waals surface area contributed by atoms with Crippen LogP contribution in [-0.4, -0.2) is 54.8 Å². The van der Waals surface area contributed by atoms with E-state index in [4.69, 9.17) is 4.42 Å². The molecule has 21 heavy (non-hydrogen) atoms. The molecule has 0 aliphatic carbocycles. The van der Waals surface area contributed by atoms with Crippen molar-refractivity contribution in [1.29, 1.82) is 0 Å². The van der Waals surface area contributed by atoms with E-state index in [1.54, 1.807) is 30.9 Å². The van der Waals surface area contributed by atoms with Crippen LogP contribution in [0.1, 0.15) is 20.8 Å². The van der Waals surface area contributed by atoms with Crippen molar-refractivity contribution in [3.8, 4) is 11.6 Å². The fraction of sp³-hybridized carbons (Fsp3) is 0.538. The van der Waals surface area contributed by atoms with Gasteiger partial charge in [-0.15, -0.1) is 10.2 Å². The number of amides is 1. The van der Waals surface area contributed by atoms with E-state index in [2.05, 4.69) is 15.4 Å². The lowest BCUT2D eigenvalue weighted by atomic mass is 10.1. The molecule has 0 saturated carbocycles. The van der Waals surface area contributed by atoms with Gasteiger partial charge in [-0.25, -0.2) is 0 Å². The van der Waals surface area contributed by atoms with Gasteiger partial charge >= 0.3 is 0 Å². The second-order valence-corrected chi connectivity index (χ2v) is 5.34. The minimum atomic E-state index is -0.944. The first-order valence-corrected chi connectivity index (χ1v) is 6.71. The molecule has 1 N–H and O–H groups in total. The largest absolute Gasteiger partial charge is 0.461 e. The molecule has 2 aromatic rings. The predicted molar refractivity (Wildman–Crippen MR) is 74.1 cm³/mol. The summed E-state index contributed by atoms with van der Waals surface area (Å²) >= 11 is 0. The van der Waals surface area contributed by atoms with Crippen molar-refractivity contribution in [2.75, 3.05) is 13.1 Å². The molecule has 0 aliphatic rings. The highest BCUT2D eigenvalue weighted by atomic mass is 16.3. The number of nitrogens with zero attached hydrogens (tertiary/aromatic N) is 5. The summed E-state index contributed by atoms with van der Waals surface area (Å²) in [5, 5.41) is 21.6. The molecule has 0 aromatic carbocycles. The van der Waals surface area contributed by atoms with Gasteiger partial charge in [-0.1, -0.05) is 0 Å². The van der Waals surface area contributed by atoms with Gasteiger partial charge in [-0.2, -0.15) is 4.80 Å². The zero-order valence-corrected chi connectivity index (χ0v) is 12.4. The Labute approximate surface area is 122 Å². The maximum Gasteiger partial charge on any atom is 0.246 e. The molecular formula is C13H19N5O3. The Morgan fingerprint density at radius 2 is 2.29 bits per heavy atom. The number of rotatable bonds is 6. The Morgan fingerprint density at radius 3 is 2.86 bits per heavy atom. The topological polar surface area (TPSA) is 97.3 Å². The number of hydrogen-bond donors (Lipinski definition) is 1. The minimum absolute atomic E-state index is 0.0301. The van der Waals surface area contributed by atoms with Gasteiger partial charge in [-0.05, 0) is 38.1 Å². The molecule has 0 unspecified atom stereocenters. The van der Waals surface area contributed by atoms with E-state index < -0.39 is 5.60 Å². The Bertz CT molecular complexity index is 585. The zero-order chi connectivity index (χ0) is 15.5. The molecule has 8 nitrogen and oxygen atoms in total. The van der Waals surface area contributed by atoms with Gasteiger partial charge in [0.2, 0.25) is 11.7 Å². The average molecular weight is 293 g/mol. The van der Waals surface area contributed by atoms with Crippen molar-refractivity contribution in [1.82, 2.24) is 25.1 Å². The van der Waals surface area contributed by atoms with Crippen LogP contribution in [0.4, 0.5) is 0 Å². The normalized spacial score (nSPS) is 11.6. The van der Waals surface area contributed by atoms with Crippen molar-refractivity contribution in [3.05, 3.63) is 18.4 Å². The number of tetrazole rings is 1. The molecule has 0 spiro atoms. The van der Waals surface area contributed by atoms with Crippen LogP contribution in [-0.2, 0) is 11.3 Å². The van der Waals surface area contributed by atoms with Crippen molar-refractivity contribution in [2.45, 2.75) is 32.9 Å². The van der Waals surface area contributed by atoms with Gasteiger partial charge < -0.3 is 14.4 Å². The van der Waals surface area contributed by atoms with Crippen LogP contribution in [0.2, 0.25) is 0 Å². The number of carbonyl (C=O) groups is 1. The first kappa shape index (κ1) is 15.2. The average Bonchev–Trinajstić information content (AvgIpc) is 3.04. The molecule has 114 valence electrons. The van der Waals surface area contributed by atoms with E-state index in [1.807, 2.05) is 6.92 Å². The number of furan rings is 1. The summed E-state index contributed by atoms with van der Waals surface area (Å²) in [5.41, 5.74) is -0.944. The fourth-order valence-corrected chi connectivity index (χ4v) is 1.88. The van der Waals surface area contributed by atoms with E-state index in [1.165, 1.54) is 11.1 Å². The van der Waals surface area contributed by atoms with E-state index in [9.17, 15) is 9.90 Å². The molecule has 0 atom stereocenters. The first-order valence-electron chi connectivity index (χ1n) is 6.71. The fourth-order valence-electron chi connectivity index (χ4n) is 1.88. The molecule has 0 aliphatic heterocycles. The van der Waals surface area contributed by atoms with Crippen molar-refractivity contribution < 1.29 is 14.3 Å². The van der Waals surface area contributed by atoms with Crippen LogP contribution in [0.25, 0.3) is 11.6 Å². The number of likely N-dealkylation sites (N-methyl/N-ethyl adjacent to an activating group) is 1. The highest BCUT2D eigenvalue weighted by Crippen LogP contribution is 2.13. The van der Waals surface area contributed by atoms with E-state index in [0.717, 1.165) is 0 Å². The van der Waals surface area contributed by atoms with Gasteiger partial charge in [0.05, 0.1) is 11.9 Å². The Morgan fingerprint density at radius 1 is 1.52 bits per heavy atom. The molecule has 1 amide bonds. The monoisotopic (exact) mass is 293 g/mol. The smallest absolute Gasteiger partial charge is 0.246 e. The van der Waals surface area contributed by atoms with Gasteiger partial charge in [0.1, 0.15) is 6.54 Å². The molecule has 0 fully saturated rings. The Kier molecular flexibility index (Phi) is 4.37. The first-order chi connectivity index (χ1) is 9.89. The lowest BCUT2D eigenvalue weighted by Crippen LogP contribution is -2.43. The maximum atomic E-state index is 12.2. The standard InChI is InChI=1S/C13H19N5O3/c1-4-17(9-13(2,3)20)11(19)8-18-15-12(14-16-18)10-6-5-7-21-10/h5-7,20H,4,8-9H2,1-3H3. The van der Waals surface area contributed by atoms with Crippen molar-refractivity contribution in [2.24, 2.45) is 0 Å². The molecule has 2 aromatic heterocycles. The Balaban J connectivity index is 2.02. The second kappa shape index (κ2) is 6.04. The van der Waals surface area contributed by atoms with Crippen LogP contribution in [0.3, 0.4) is 0 Å². The predicted octanol–water partition coefficient (Wildman–Crippen LogP) is 0.552. The molecule has 2 heterocycles. The summed E-state index contributed by atoms with van der Waals surface area (Å²) < 4.78 is 5.17. The third-order valence-electron chi connectivity index (χ3n) is 2.78. The quantitative estimate of drug-likeness (QED) is 0.835. The van der Waals surface area contributed by atoms with E-state index >= 15 is 0 Å². The number of hydrogen-bond acceptors (Lipinski definition) is 6. The highest BCUT2D eigenvalue weighted by molar-refractivity contribution is 5.75. The third kappa shape index (κ3) is 4.12. The van der Waals surface area contributed by atoms with Gasteiger partial charge in [0.15, 0.2) is 5.76 Å². The van der Waals surface area contributed by atoms with Crippen LogP contribution in [0.5, 0.6) is 0 Å². The summed E-state index contributed by atoms with van der Waals surface area (Å²) in [7, 11) is 0. The summed E-state index contributed by atoms with van der Waals surface area (Å²) in [6.45, 7) is 5.90. The van der Waals surface area contributed by atoms with Crippen LogP contribution >= 0.6 is 0 Å². The summed E-state index contributed by atoms with van der Waals surface area (Å²) in [4.78, 5) is 14.9. The Hall–Kier alpha value is -2.22. The van der Waals surface area contributed by atoms with Crippen LogP contribution in [0.15, 0.2) is 22.8 Å². The molecular weight excluding hydrogens is 274 g/mol. The zero-order valence-electron chi connectivity index (χ0n) is 12.4. The minimum Gasteiger partial charge on any atom is -0.461 e. The lowest BCUT2D eigenvalue weighted by molar-refractivity contribution is -0.135. The third-order valence-corrected chi connectivity index (χ3v) is 2.78. The molecule has 0 saturated heterocycles. The van der Waals surface area contributed by atoms with Gasteiger partial charge in [-0.3, -0.25) is 4.79 Å². The van der Waals surface area contributed by atoms with Crippen molar-refractivity contribution in [3.63, 3.8) is 0 Å². The van der Waals surface area contributed by atoms with Gasteiger partial charge in [0.25, 0.3) is 0 Å². The summed E-state index contributed by atoms with van der Waals surface area (Å²) in [6, 6.07) is 3.44. The highest BCUT2D eigenvalue weighted by Gasteiger charge is 2.22. The number of aliphatic hydroxyl groups is 1. The summed E-state index contributed by atoms with van der Waals surface area (Å²) in [6.07, 6.45) is 1.52. The number of aromatic nitrogens is 4. The van der Waals surface area contributed by atoms with Crippen LogP contribution in [0, 0.1) is 0 Å². The molecule has 2 rings (SSSR count). The van der Waals surface area contributed by atoms with Gasteiger partial charge in [0, 0.05) is 13.1 Å². The van der Waals surface area contributed by atoms with Crippen molar-refractivity contribution >= 4 is 5.91 Å². The van der Waals surface area contributed by atoms with Crippen LogP contribution < -0.4 is 0 Å². The number of carbonyl (C=O) groups excluding carboxylic acids is 1. The van der Waals surface area contributed by atoms with E-state index in [0.29, 0.717) is 18.1 Å². The van der Waals surface area contributed by atoms with E-state index in [-0.39, 0.29) is 19.0 Å². The molecule has 8 heteroatoms. The molecule has 0 radical (unpaired) electrons. The SMILES string of the molecule is CCN(CC(C)(C)O)C(=O)Cn1nnc(-c2ccco2)n1. The second-order valence-electron chi connectivity index (χ2n) is 5.34. The maximum absolute atomic E-state index is 12.2. The lowest BCUT2D eigenvalue weighted by Gasteiger charge is -2.27.